The largest absolute Gasteiger partial charge is 0.383 e. The van der Waals surface area contributed by atoms with Gasteiger partial charge in [0.1, 0.15) is 6.10 Å². The Kier molecular flexibility index (Phi) is 4.96. The predicted octanol–water partition coefficient (Wildman–Crippen LogP) is 3.57. The normalized spacial score (nSPS) is 13.6. The third kappa shape index (κ3) is 3.35. The van der Waals surface area contributed by atoms with Gasteiger partial charge in [-0.15, -0.1) is 0 Å². The molecule has 0 spiro atoms. The second-order valence-electron chi connectivity index (χ2n) is 4.93. The van der Waals surface area contributed by atoms with E-state index in [0.717, 1.165) is 5.56 Å². The van der Waals surface area contributed by atoms with Crippen molar-refractivity contribution in [2.75, 3.05) is 0 Å². The Balaban J connectivity index is 2.50. The van der Waals surface area contributed by atoms with Gasteiger partial charge < -0.3 is 5.11 Å². The highest BCUT2D eigenvalue weighted by Crippen LogP contribution is 2.30. The first-order chi connectivity index (χ1) is 10.5. The topological polar surface area (TPSA) is 54.4 Å². The Labute approximate surface area is 131 Å². The zero-order valence-electron chi connectivity index (χ0n) is 12.3. The number of aliphatic hydroxyl groups is 1. The SMILES string of the molecule is C=C/C=C(/[C@H](O)c1ccccc1)S(=O)(=O)c1ccc(C)cc1. The van der Waals surface area contributed by atoms with Gasteiger partial charge in [-0.3, -0.25) is 0 Å². The van der Waals surface area contributed by atoms with Crippen molar-refractivity contribution < 1.29 is 13.5 Å². The summed E-state index contributed by atoms with van der Waals surface area (Å²) in [5, 5.41) is 10.5. The smallest absolute Gasteiger partial charge is 0.205 e. The van der Waals surface area contributed by atoms with E-state index in [1.54, 1.807) is 48.5 Å². The van der Waals surface area contributed by atoms with Crippen molar-refractivity contribution in [2.24, 2.45) is 0 Å². The maximum Gasteiger partial charge on any atom is 0.205 e. The number of sulfone groups is 1. The first-order valence-electron chi connectivity index (χ1n) is 6.84. The first-order valence-corrected chi connectivity index (χ1v) is 8.32. The molecule has 0 bridgehead atoms. The molecule has 1 N–H and O–H groups in total. The van der Waals surface area contributed by atoms with Gasteiger partial charge in [0.05, 0.1) is 9.80 Å². The summed E-state index contributed by atoms with van der Waals surface area (Å²) in [4.78, 5) is 0.0683. The van der Waals surface area contributed by atoms with Crippen molar-refractivity contribution in [2.45, 2.75) is 17.9 Å². The highest BCUT2D eigenvalue weighted by atomic mass is 32.2. The summed E-state index contributed by atoms with van der Waals surface area (Å²) < 4.78 is 25.5. The molecule has 0 aliphatic heterocycles. The minimum Gasteiger partial charge on any atom is -0.383 e. The summed E-state index contributed by atoms with van der Waals surface area (Å²) in [5.41, 5.74) is 1.49. The van der Waals surface area contributed by atoms with Crippen LogP contribution in [-0.4, -0.2) is 13.5 Å². The molecule has 0 saturated heterocycles. The monoisotopic (exact) mass is 314 g/mol. The summed E-state index contributed by atoms with van der Waals surface area (Å²) >= 11 is 0. The fourth-order valence-electron chi connectivity index (χ4n) is 2.10. The quantitative estimate of drug-likeness (QED) is 0.858. The summed E-state index contributed by atoms with van der Waals surface area (Å²) in [6.07, 6.45) is 1.48. The molecule has 0 aromatic heterocycles. The van der Waals surface area contributed by atoms with Gasteiger partial charge in [0.15, 0.2) is 0 Å². The molecule has 1 atom stereocenters. The van der Waals surface area contributed by atoms with Crippen molar-refractivity contribution in [1.29, 1.82) is 0 Å². The van der Waals surface area contributed by atoms with Crippen LogP contribution in [0.3, 0.4) is 0 Å². The van der Waals surface area contributed by atoms with Gasteiger partial charge in [-0.05, 0) is 30.7 Å². The Morgan fingerprint density at radius 3 is 2.23 bits per heavy atom. The lowest BCUT2D eigenvalue weighted by atomic mass is 10.1. The van der Waals surface area contributed by atoms with Gasteiger partial charge in [0, 0.05) is 0 Å². The Hall–Kier alpha value is -2.17. The molecule has 4 heteroatoms. The number of hydrogen-bond donors (Lipinski definition) is 1. The standard InChI is InChI=1S/C18H18O3S/c1-3-7-17(18(19)15-8-5-4-6-9-15)22(20,21)16-12-10-14(2)11-13-16/h3-13,18-19H,1H2,2H3/b17-7-/t18-/m1/s1. The van der Waals surface area contributed by atoms with Gasteiger partial charge in [0.25, 0.3) is 0 Å². The van der Waals surface area contributed by atoms with Crippen LogP contribution >= 0.6 is 0 Å². The number of aryl methyl sites for hydroxylation is 1. The zero-order chi connectivity index (χ0) is 16.2. The summed E-state index contributed by atoms with van der Waals surface area (Å²) in [7, 11) is -3.79. The second kappa shape index (κ2) is 6.73. The van der Waals surface area contributed by atoms with Gasteiger partial charge in [-0.25, -0.2) is 8.42 Å². The van der Waals surface area contributed by atoms with Gasteiger partial charge in [-0.1, -0.05) is 60.7 Å². The van der Waals surface area contributed by atoms with Crippen LogP contribution in [0.4, 0.5) is 0 Å². The molecule has 0 aliphatic carbocycles. The van der Waals surface area contributed by atoms with Crippen molar-refractivity contribution in [3.05, 3.63) is 89.4 Å². The molecule has 0 unspecified atom stereocenters. The fraction of sp³-hybridized carbons (Fsp3) is 0.111. The van der Waals surface area contributed by atoms with Crippen molar-refractivity contribution in [1.82, 2.24) is 0 Å². The van der Waals surface area contributed by atoms with Crippen LogP contribution in [0.2, 0.25) is 0 Å². The third-order valence-electron chi connectivity index (χ3n) is 3.31. The second-order valence-corrected chi connectivity index (χ2v) is 6.88. The van der Waals surface area contributed by atoms with Crippen LogP contribution in [0.15, 0.2) is 83.1 Å². The molecule has 0 heterocycles. The van der Waals surface area contributed by atoms with Gasteiger partial charge >= 0.3 is 0 Å². The van der Waals surface area contributed by atoms with Gasteiger partial charge in [-0.2, -0.15) is 0 Å². The lowest BCUT2D eigenvalue weighted by Gasteiger charge is -2.16. The molecular weight excluding hydrogens is 296 g/mol. The summed E-state index contributed by atoms with van der Waals surface area (Å²) in [5.74, 6) is 0. The van der Waals surface area contributed by atoms with Crippen LogP contribution in [0.5, 0.6) is 0 Å². The number of benzene rings is 2. The average Bonchev–Trinajstić information content (AvgIpc) is 2.53. The van der Waals surface area contributed by atoms with Crippen LogP contribution in [-0.2, 0) is 9.84 Å². The van der Waals surface area contributed by atoms with E-state index in [9.17, 15) is 13.5 Å². The van der Waals surface area contributed by atoms with E-state index in [2.05, 4.69) is 6.58 Å². The lowest BCUT2D eigenvalue weighted by Crippen LogP contribution is -2.13. The maximum absolute atomic E-state index is 12.8. The molecular formula is C18H18O3S. The molecule has 2 aromatic rings. The molecule has 3 nitrogen and oxygen atoms in total. The van der Waals surface area contributed by atoms with Crippen molar-refractivity contribution in [3.63, 3.8) is 0 Å². The number of hydrogen-bond acceptors (Lipinski definition) is 3. The molecule has 2 rings (SSSR count). The molecule has 0 aliphatic rings. The minimum absolute atomic E-state index is 0.0856. The first kappa shape index (κ1) is 16.2. The minimum atomic E-state index is -3.79. The summed E-state index contributed by atoms with van der Waals surface area (Å²) in [6.45, 7) is 5.43. The van der Waals surface area contributed by atoms with Crippen molar-refractivity contribution in [3.8, 4) is 0 Å². The predicted molar refractivity (Wildman–Crippen MR) is 88.0 cm³/mol. The highest BCUT2D eigenvalue weighted by Gasteiger charge is 2.27. The molecule has 0 saturated carbocycles. The van der Waals surface area contributed by atoms with E-state index in [4.69, 9.17) is 0 Å². The van der Waals surface area contributed by atoms with Crippen LogP contribution in [0.25, 0.3) is 0 Å². The number of allylic oxidation sites excluding steroid dienone is 2. The van der Waals surface area contributed by atoms with Crippen LogP contribution in [0.1, 0.15) is 17.2 Å². The average molecular weight is 314 g/mol. The van der Waals surface area contributed by atoms with E-state index in [-0.39, 0.29) is 9.80 Å². The molecule has 0 amide bonds. The number of rotatable bonds is 5. The Morgan fingerprint density at radius 2 is 1.68 bits per heavy atom. The zero-order valence-corrected chi connectivity index (χ0v) is 13.1. The van der Waals surface area contributed by atoms with E-state index in [0.29, 0.717) is 5.56 Å². The molecule has 2 aromatic carbocycles. The molecule has 0 fully saturated rings. The Morgan fingerprint density at radius 1 is 1.09 bits per heavy atom. The maximum atomic E-state index is 12.8. The Bertz CT molecular complexity index is 773. The molecule has 0 radical (unpaired) electrons. The number of aliphatic hydroxyl groups excluding tert-OH is 1. The van der Waals surface area contributed by atoms with Crippen LogP contribution < -0.4 is 0 Å². The summed E-state index contributed by atoms with van der Waals surface area (Å²) in [6, 6.07) is 15.2. The van der Waals surface area contributed by atoms with Crippen molar-refractivity contribution >= 4 is 9.84 Å². The molecule has 22 heavy (non-hydrogen) atoms. The van der Waals surface area contributed by atoms with Gasteiger partial charge in [0.2, 0.25) is 9.84 Å². The highest BCUT2D eigenvalue weighted by molar-refractivity contribution is 7.95. The van der Waals surface area contributed by atoms with Crippen LogP contribution in [0, 0.1) is 6.92 Å². The van der Waals surface area contributed by atoms with E-state index in [1.807, 2.05) is 13.0 Å². The lowest BCUT2D eigenvalue weighted by molar-refractivity contribution is 0.223. The third-order valence-corrected chi connectivity index (χ3v) is 5.18. The van der Waals surface area contributed by atoms with E-state index in [1.165, 1.54) is 12.2 Å². The van der Waals surface area contributed by atoms with E-state index >= 15 is 0 Å². The van der Waals surface area contributed by atoms with E-state index < -0.39 is 15.9 Å². The molecule has 114 valence electrons. The fourth-order valence-corrected chi connectivity index (χ4v) is 3.57.